The van der Waals surface area contributed by atoms with Gasteiger partial charge in [-0.15, -0.1) is 0 Å². The SMILES string of the molecule is Cn1cc(C(=O)OCc2cc(-c3ccccc3)on2)cn1. The van der Waals surface area contributed by atoms with Gasteiger partial charge in [0.15, 0.2) is 5.76 Å². The van der Waals surface area contributed by atoms with Gasteiger partial charge in [0, 0.05) is 24.9 Å². The molecule has 0 aliphatic heterocycles. The largest absolute Gasteiger partial charge is 0.455 e. The van der Waals surface area contributed by atoms with Crippen LogP contribution in [-0.2, 0) is 18.4 Å². The Hall–Kier alpha value is -2.89. The number of aromatic nitrogens is 3. The predicted octanol–water partition coefficient (Wildman–Crippen LogP) is 2.43. The topological polar surface area (TPSA) is 70.2 Å². The first-order valence-corrected chi connectivity index (χ1v) is 6.39. The number of hydrogen-bond acceptors (Lipinski definition) is 5. The minimum absolute atomic E-state index is 0.0596. The molecule has 21 heavy (non-hydrogen) atoms. The lowest BCUT2D eigenvalue weighted by molar-refractivity contribution is 0.0464. The lowest BCUT2D eigenvalue weighted by atomic mass is 10.2. The van der Waals surface area contributed by atoms with Crippen LogP contribution in [0.25, 0.3) is 11.3 Å². The Kier molecular flexibility index (Phi) is 3.51. The summed E-state index contributed by atoms with van der Waals surface area (Å²) < 4.78 is 11.9. The predicted molar refractivity (Wildman–Crippen MR) is 74.3 cm³/mol. The molecule has 1 aromatic carbocycles. The molecule has 0 fully saturated rings. The van der Waals surface area contributed by atoms with Gasteiger partial charge in [-0.2, -0.15) is 5.10 Å². The fourth-order valence-electron chi connectivity index (χ4n) is 1.87. The van der Waals surface area contributed by atoms with Crippen LogP contribution in [0, 0.1) is 0 Å². The molecule has 0 aliphatic rings. The molecular formula is C15H13N3O3. The van der Waals surface area contributed by atoms with Crippen LogP contribution in [0.5, 0.6) is 0 Å². The number of rotatable bonds is 4. The third-order valence-corrected chi connectivity index (χ3v) is 2.91. The van der Waals surface area contributed by atoms with E-state index in [0.29, 0.717) is 17.0 Å². The second kappa shape index (κ2) is 5.62. The zero-order valence-electron chi connectivity index (χ0n) is 11.4. The van der Waals surface area contributed by atoms with Gasteiger partial charge in [-0.05, 0) is 0 Å². The molecule has 6 heteroatoms. The molecule has 0 radical (unpaired) electrons. The lowest BCUT2D eigenvalue weighted by Crippen LogP contribution is -2.04. The number of esters is 1. The van der Waals surface area contributed by atoms with Crippen molar-refractivity contribution in [3.05, 3.63) is 60.0 Å². The van der Waals surface area contributed by atoms with Crippen LogP contribution in [0.1, 0.15) is 16.1 Å². The molecule has 0 amide bonds. The quantitative estimate of drug-likeness (QED) is 0.688. The normalized spacial score (nSPS) is 10.5. The molecule has 0 unspecified atom stereocenters. The summed E-state index contributed by atoms with van der Waals surface area (Å²) >= 11 is 0. The van der Waals surface area contributed by atoms with E-state index in [-0.39, 0.29) is 6.61 Å². The molecule has 0 saturated heterocycles. The average molecular weight is 283 g/mol. The van der Waals surface area contributed by atoms with Crippen molar-refractivity contribution < 1.29 is 14.1 Å². The third kappa shape index (κ3) is 3.00. The molecule has 0 N–H and O–H groups in total. The summed E-state index contributed by atoms with van der Waals surface area (Å²) in [6.07, 6.45) is 3.06. The van der Waals surface area contributed by atoms with Crippen LogP contribution in [0.2, 0.25) is 0 Å². The number of nitrogens with zero attached hydrogens (tertiary/aromatic N) is 3. The molecule has 6 nitrogen and oxygen atoms in total. The van der Waals surface area contributed by atoms with E-state index in [1.807, 2.05) is 30.3 Å². The molecule has 2 heterocycles. The Balaban J connectivity index is 1.64. The summed E-state index contributed by atoms with van der Waals surface area (Å²) in [4.78, 5) is 11.8. The van der Waals surface area contributed by atoms with E-state index in [1.54, 1.807) is 24.0 Å². The van der Waals surface area contributed by atoms with E-state index in [2.05, 4.69) is 10.3 Å². The highest BCUT2D eigenvalue weighted by Gasteiger charge is 2.12. The van der Waals surface area contributed by atoms with Crippen molar-refractivity contribution in [3.8, 4) is 11.3 Å². The summed E-state index contributed by atoms with van der Waals surface area (Å²) in [5, 5.41) is 7.81. The molecule has 0 bridgehead atoms. The van der Waals surface area contributed by atoms with E-state index in [0.717, 1.165) is 5.56 Å². The Morgan fingerprint density at radius 1 is 1.33 bits per heavy atom. The third-order valence-electron chi connectivity index (χ3n) is 2.91. The molecule has 0 aliphatic carbocycles. The number of carbonyl (C=O) groups excluding carboxylic acids is 1. The van der Waals surface area contributed by atoms with Crippen LogP contribution in [0.15, 0.2) is 53.3 Å². The minimum atomic E-state index is -0.438. The monoisotopic (exact) mass is 283 g/mol. The summed E-state index contributed by atoms with van der Waals surface area (Å²) in [5.41, 5.74) is 1.89. The molecule has 3 aromatic rings. The highest BCUT2D eigenvalue weighted by atomic mass is 16.5. The molecule has 0 saturated carbocycles. The Morgan fingerprint density at radius 3 is 2.86 bits per heavy atom. The van der Waals surface area contributed by atoms with Crippen LogP contribution < -0.4 is 0 Å². The smallest absolute Gasteiger partial charge is 0.341 e. The number of hydrogen-bond donors (Lipinski definition) is 0. The van der Waals surface area contributed by atoms with Crippen molar-refractivity contribution in [1.29, 1.82) is 0 Å². The average Bonchev–Trinajstić information content (AvgIpc) is 3.15. The first-order chi connectivity index (χ1) is 10.2. The van der Waals surface area contributed by atoms with Crippen LogP contribution >= 0.6 is 0 Å². The van der Waals surface area contributed by atoms with E-state index < -0.39 is 5.97 Å². The van der Waals surface area contributed by atoms with Crippen molar-refractivity contribution in [1.82, 2.24) is 14.9 Å². The minimum Gasteiger partial charge on any atom is -0.455 e. The maximum absolute atomic E-state index is 11.8. The first-order valence-electron chi connectivity index (χ1n) is 6.39. The van der Waals surface area contributed by atoms with Crippen LogP contribution in [0.4, 0.5) is 0 Å². The summed E-state index contributed by atoms with van der Waals surface area (Å²) in [6.45, 7) is 0.0596. The van der Waals surface area contributed by atoms with Crippen LogP contribution in [-0.4, -0.2) is 20.9 Å². The van der Waals surface area contributed by atoms with E-state index in [4.69, 9.17) is 9.26 Å². The maximum Gasteiger partial charge on any atom is 0.341 e. The summed E-state index contributed by atoms with van der Waals surface area (Å²) in [6, 6.07) is 11.4. The van der Waals surface area contributed by atoms with Gasteiger partial charge >= 0.3 is 5.97 Å². The van der Waals surface area contributed by atoms with Gasteiger partial charge in [0.25, 0.3) is 0 Å². The fraction of sp³-hybridized carbons (Fsp3) is 0.133. The zero-order valence-corrected chi connectivity index (χ0v) is 11.4. The molecular weight excluding hydrogens is 270 g/mol. The number of ether oxygens (including phenoxy) is 1. The highest BCUT2D eigenvalue weighted by molar-refractivity contribution is 5.88. The van der Waals surface area contributed by atoms with Gasteiger partial charge in [-0.3, -0.25) is 4.68 Å². The molecule has 0 spiro atoms. The Morgan fingerprint density at radius 2 is 2.14 bits per heavy atom. The van der Waals surface area contributed by atoms with Gasteiger partial charge in [0.2, 0.25) is 0 Å². The van der Waals surface area contributed by atoms with E-state index in [1.165, 1.54) is 6.20 Å². The number of carbonyl (C=O) groups is 1. The van der Waals surface area contributed by atoms with Crippen LogP contribution in [0.3, 0.4) is 0 Å². The standard InChI is InChI=1S/C15H13N3O3/c1-18-9-12(8-16-18)15(19)20-10-13-7-14(21-17-13)11-5-3-2-4-6-11/h2-9H,10H2,1H3. The second-order valence-corrected chi connectivity index (χ2v) is 4.53. The van der Waals surface area contributed by atoms with Crippen molar-refractivity contribution >= 4 is 5.97 Å². The molecule has 3 rings (SSSR count). The lowest BCUT2D eigenvalue weighted by Gasteiger charge is -1.98. The van der Waals surface area contributed by atoms with Crippen molar-refractivity contribution in [2.75, 3.05) is 0 Å². The van der Waals surface area contributed by atoms with Gasteiger partial charge in [0.1, 0.15) is 12.3 Å². The van der Waals surface area contributed by atoms with Gasteiger partial charge in [-0.25, -0.2) is 4.79 Å². The van der Waals surface area contributed by atoms with Gasteiger partial charge in [-0.1, -0.05) is 35.5 Å². The van der Waals surface area contributed by atoms with E-state index in [9.17, 15) is 4.79 Å². The number of benzene rings is 1. The molecule has 106 valence electrons. The van der Waals surface area contributed by atoms with Crippen molar-refractivity contribution in [2.45, 2.75) is 6.61 Å². The number of aryl methyl sites for hydroxylation is 1. The fourth-order valence-corrected chi connectivity index (χ4v) is 1.87. The summed E-state index contributed by atoms with van der Waals surface area (Å²) in [5.74, 6) is 0.204. The van der Waals surface area contributed by atoms with Crippen molar-refractivity contribution in [2.24, 2.45) is 7.05 Å². The highest BCUT2D eigenvalue weighted by Crippen LogP contribution is 2.20. The second-order valence-electron chi connectivity index (χ2n) is 4.53. The molecule has 2 aromatic heterocycles. The first kappa shape index (κ1) is 13.1. The Labute approximate surface area is 120 Å². The van der Waals surface area contributed by atoms with Gasteiger partial charge < -0.3 is 9.26 Å². The van der Waals surface area contributed by atoms with Gasteiger partial charge in [0.05, 0.1) is 11.8 Å². The zero-order chi connectivity index (χ0) is 14.7. The maximum atomic E-state index is 11.8. The Bertz CT molecular complexity index is 746. The van der Waals surface area contributed by atoms with Crippen molar-refractivity contribution in [3.63, 3.8) is 0 Å². The summed E-state index contributed by atoms with van der Waals surface area (Å²) in [7, 11) is 1.74. The van der Waals surface area contributed by atoms with E-state index >= 15 is 0 Å². The molecule has 0 atom stereocenters.